The van der Waals surface area contributed by atoms with Gasteiger partial charge >= 0.3 is 0 Å². The van der Waals surface area contributed by atoms with E-state index in [9.17, 15) is 10.1 Å². The summed E-state index contributed by atoms with van der Waals surface area (Å²) in [7, 11) is 0. The van der Waals surface area contributed by atoms with Gasteiger partial charge in [0.05, 0.1) is 4.92 Å². The average Bonchev–Trinajstić information content (AvgIpc) is 2.42. The van der Waals surface area contributed by atoms with Gasteiger partial charge in [-0.2, -0.15) is 0 Å². The van der Waals surface area contributed by atoms with Crippen molar-refractivity contribution in [1.29, 1.82) is 0 Å². The van der Waals surface area contributed by atoms with E-state index in [0.29, 0.717) is 11.0 Å². The molecule has 0 aliphatic rings. The molecule has 0 aliphatic carbocycles. The second-order valence-electron chi connectivity index (χ2n) is 2.45. The van der Waals surface area contributed by atoms with E-state index in [1.54, 1.807) is 0 Å². The molecule has 1 aromatic carbocycles. The van der Waals surface area contributed by atoms with E-state index in [1.165, 1.54) is 18.2 Å². The zero-order valence-electron chi connectivity index (χ0n) is 6.41. The lowest BCUT2D eigenvalue weighted by Crippen LogP contribution is -2.11. The first-order valence-corrected chi connectivity index (χ1v) is 3.43. The fourth-order valence-electron chi connectivity index (χ4n) is 1.03. The first kappa shape index (κ1) is 7.47. The van der Waals surface area contributed by atoms with Crippen LogP contribution in [0.2, 0.25) is 0 Å². The summed E-state index contributed by atoms with van der Waals surface area (Å²) >= 11 is 0. The lowest BCUT2D eigenvalue weighted by Gasteiger charge is -1.87. The van der Waals surface area contributed by atoms with E-state index in [-0.39, 0.29) is 5.69 Å². The quantitative estimate of drug-likeness (QED) is 0.378. The molecule has 0 fully saturated rings. The highest BCUT2D eigenvalue weighted by molar-refractivity contribution is 5.76. The van der Waals surface area contributed by atoms with E-state index < -0.39 is 4.92 Å². The van der Waals surface area contributed by atoms with Crippen LogP contribution in [-0.4, -0.2) is 20.0 Å². The molecule has 13 heavy (non-hydrogen) atoms. The summed E-state index contributed by atoms with van der Waals surface area (Å²) < 4.78 is 0. The number of rotatable bonds is 1. The number of aromatic nitrogens is 3. The van der Waals surface area contributed by atoms with Crippen LogP contribution >= 0.6 is 0 Å². The van der Waals surface area contributed by atoms with Crippen LogP contribution in [0.5, 0.6) is 0 Å². The molecule has 0 radical (unpaired) electrons. The zero-order chi connectivity index (χ0) is 9.42. The van der Waals surface area contributed by atoms with Crippen LogP contribution in [0.4, 0.5) is 5.69 Å². The lowest BCUT2D eigenvalue weighted by molar-refractivity contribution is -0.384. The smallest absolute Gasteiger partial charge is 0.271 e. The lowest BCUT2D eigenvalue weighted by atomic mass is 10.3. The van der Waals surface area contributed by atoms with Crippen molar-refractivity contribution in [1.82, 2.24) is 15.1 Å². The number of nitrogens with zero attached hydrogens (tertiary/aromatic N) is 4. The molecule has 7 nitrogen and oxygen atoms in total. The number of benzene rings is 1. The Kier molecular flexibility index (Phi) is 1.38. The third kappa shape index (κ3) is 1.15. The third-order valence-electron chi connectivity index (χ3n) is 1.59. The van der Waals surface area contributed by atoms with Gasteiger partial charge in [0.15, 0.2) is 0 Å². The van der Waals surface area contributed by atoms with Crippen molar-refractivity contribution < 1.29 is 4.92 Å². The number of nitrogen functional groups attached to an aromatic ring is 1. The Bertz CT molecular complexity index is 477. The molecule has 0 saturated carbocycles. The van der Waals surface area contributed by atoms with Gasteiger partial charge in [0.2, 0.25) is 0 Å². The Labute approximate surface area is 71.9 Å². The SMILES string of the molecule is Nn1nc2ccc([N+](=O)[O-])cc2n1. The first-order valence-electron chi connectivity index (χ1n) is 3.43. The van der Waals surface area contributed by atoms with Crippen molar-refractivity contribution in [3.05, 3.63) is 28.3 Å². The highest BCUT2D eigenvalue weighted by Crippen LogP contribution is 2.16. The van der Waals surface area contributed by atoms with Crippen molar-refractivity contribution in [2.24, 2.45) is 0 Å². The maximum atomic E-state index is 10.4. The van der Waals surface area contributed by atoms with E-state index in [4.69, 9.17) is 5.84 Å². The van der Waals surface area contributed by atoms with Crippen molar-refractivity contribution in [3.8, 4) is 0 Å². The van der Waals surface area contributed by atoms with Gasteiger partial charge in [-0.3, -0.25) is 10.1 Å². The number of nitro groups is 1. The molecule has 0 bridgehead atoms. The van der Waals surface area contributed by atoms with Gasteiger partial charge in [0.1, 0.15) is 11.0 Å². The number of nitro benzene ring substituents is 1. The van der Waals surface area contributed by atoms with E-state index in [1.807, 2.05) is 0 Å². The Morgan fingerprint density at radius 3 is 2.77 bits per heavy atom. The fraction of sp³-hybridized carbons (Fsp3) is 0. The fourth-order valence-corrected chi connectivity index (χ4v) is 1.03. The van der Waals surface area contributed by atoms with Gasteiger partial charge in [0, 0.05) is 12.1 Å². The maximum Gasteiger partial charge on any atom is 0.271 e. The average molecular weight is 179 g/mol. The second-order valence-corrected chi connectivity index (χ2v) is 2.45. The molecule has 2 N–H and O–H groups in total. The van der Waals surface area contributed by atoms with Gasteiger partial charge in [-0.15, -0.1) is 10.2 Å². The number of nitrogens with two attached hydrogens (primary N) is 1. The minimum atomic E-state index is -0.491. The zero-order valence-corrected chi connectivity index (χ0v) is 6.41. The summed E-state index contributed by atoms with van der Waals surface area (Å²) in [6, 6.07) is 4.19. The largest absolute Gasteiger partial charge is 0.306 e. The molecular formula is C6H5N5O2. The predicted molar refractivity (Wildman–Crippen MR) is 44.3 cm³/mol. The van der Waals surface area contributed by atoms with Crippen LogP contribution in [0.15, 0.2) is 18.2 Å². The Morgan fingerprint density at radius 1 is 1.38 bits per heavy atom. The molecule has 66 valence electrons. The van der Waals surface area contributed by atoms with Crippen molar-refractivity contribution in [2.45, 2.75) is 0 Å². The molecule has 7 heteroatoms. The van der Waals surface area contributed by atoms with Crippen LogP contribution in [0.25, 0.3) is 11.0 Å². The molecule has 2 rings (SSSR count). The van der Waals surface area contributed by atoms with Crippen LogP contribution < -0.4 is 5.84 Å². The normalized spacial score (nSPS) is 10.5. The molecule has 0 saturated heterocycles. The third-order valence-corrected chi connectivity index (χ3v) is 1.59. The highest BCUT2D eigenvalue weighted by Gasteiger charge is 2.08. The van der Waals surface area contributed by atoms with Gasteiger partial charge in [0.25, 0.3) is 5.69 Å². The second kappa shape index (κ2) is 2.41. The summed E-state index contributed by atoms with van der Waals surface area (Å²) in [5, 5.41) is 17.9. The van der Waals surface area contributed by atoms with Crippen LogP contribution in [0, 0.1) is 10.1 Å². The highest BCUT2D eigenvalue weighted by atomic mass is 16.6. The van der Waals surface area contributed by atoms with E-state index in [0.717, 1.165) is 4.91 Å². The standard InChI is InChI=1S/C6H5N5O2/c7-11-8-5-2-1-4(10(12)13)3-6(5)9-11/h1-3H,7H2. The van der Waals surface area contributed by atoms with Gasteiger partial charge in [-0.05, 0) is 6.07 Å². The summed E-state index contributed by atoms with van der Waals surface area (Å²) in [5.41, 5.74) is 0.929. The molecule has 0 atom stereocenters. The number of hydrogen-bond donors (Lipinski definition) is 1. The summed E-state index contributed by atoms with van der Waals surface area (Å²) in [6.45, 7) is 0. The minimum Gasteiger partial charge on any atom is -0.306 e. The van der Waals surface area contributed by atoms with Gasteiger partial charge in [-0.25, -0.2) is 0 Å². The van der Waals surface area contributed by atoms with Gasteiger partial charge < -0.3 is 5.84 Å². The van der Waals surface area contributed by atoms with Crippen molar-refractivity contribution >= 4 is 16.7 Å². The van der Waals surface area contributed by atoms with E-state index >= 15 is 0 Å². The van der Waals surface area contributed by atoms with E-state index in [2.05, 4.69) is 10.2 Å². The van der Waals surface area contributed by atoms with Crippen molar-refractivity contribution in [3.63, 3.8) is 0 Å². The van der Waals surface area contributed by atoms with Crippen LogP contribution in [-0.2, 0) is 0 Å². The van der Waals surface area contributed by atoms with Crippen LogP contribution in [0.1, 0.15) is 0 Å². The Hall–Kier alpha value is -2.18. The van der Waals surface area contributed by atoms with Gasteiger partial charge in [-0.1, -0.05) is 4.91 Å². The first-order chi connectivity index (χ1) is 6.16. The molecule has 0 spiro atoms. The summed E-state index contributed by atoms with van der Waals surface area (Å²) in [5.74, 6) is 5.24. The molecule has 0 amide bonds. The molecule has 2 aromatic rings. The predicted octanol–water partition coefficient (Wildman–Crippen LogP) is 0.0533. The maximum absolute atomic E-state index is 10.4. The molecule has 1 aromatic heterocycles. The molecule has 0 aliphatic heterocycles. The molecule has 0 unspecified atom stereocenters. The van der Waals surface area contributed by atoms with Crippen LogP contribution in [0.3, 0.4) is 0 Å². The number of fused-ring (bicyclic) bond motifs is 1. The number of hydrogen-bond acceptors (Lipinski definition) is 5. The Balaban J connectivity index is 2.67. The minimum absolute atomic E-state index is 0.0204. The molecular weight excluding hydrogens is 174 g/mol. The topological polar surface area (TPSA) is 99.9 Å². The summed E-state index contributed by atoms with van der Waals surface area (Å²) in [6.07, 6.45) is 0. The molecule has 1 heterocycles. The monoisotopic (exact) mass is 179 g/mol. The Morgan fingerprint density at radius 2 is 2.08 bits per heavy atom. The number of non-ortho nitro benzene ring substituents is 1. The van der Waals surface area contributed by atoms with Crippen molar-refractivity contribution in [2.75, 3.05) is 5.84 Å². The summed E-state index contributed by atoms with van der Waals surface area (Å²) in [4.78, 5) is 10.8.